The molecule has 1 unspecified atom stereocenters. The van der Waals surface area contributed by atoms with Gasteiger partial charge in [-0.1, -0.05) is 23.7 Å². The first kappa shape index (κ1) is 19.4. The van der Waals surface area contributed by atoms with Gasteiger partial charge in [-0.15, -0.1) is 0 Å². The SMILES string of the molecule is CC(=O)c1ccc(NC(=O)C(C)N2CCN(c3ccccc3Cl)CC2)cc1. The van der Waals surface area contributed by atoms with Crippen molar-refractivity contribution in [2.45, 2.75) is 19.9 Å². The van der Waals surface area contributed by atoms with Crippen molar-refractivity contribution < 1.29 is 9.59 Å². The van der Waals surface area contributed by atoms with Crippen LogP contribution in [-0.4, -0.2) is 48.8 Å². The van der Waals surface area contributed by atoms with Gasteiger partial charge in [0, 0.05) is 37.4 Å². The molecule has 1 saturated heterocycles. The Morgan fingerprint density at radius 3 is 2.22 bits per heavy atom. The molecule has 2 aromatic carbocycles. The third-order valence-corrected chi connectivity index (χ3v) is 5.31. The van der Waals surface area contributed by atoms with Crippen LogP contribution in [0.4, 0.5) is 11.4 Å². The highest BCUT2D eigenvalue weighted by atomic mass is 35.5. The van der Waals surface area contributed by atoms with Gasteiger partial charge in [-0.3, -0.25) is 14.5 Å². The van der Waals surface area contributed by atoms with Crippen LogP contribution < -0.4 is 10.2 Å². The summed E-state index contributed by atoms with van der Waals surface area (Å²) >= 11 is 6.29. The Morgan fingerprint density at radius 2 is 1.63 bits per heavy atom. The highest BCUT2D eigenvalue weighted by Gasteiger charge is 2.26. The lowest BCUT2D eigenvalue weighted by molar-refractivity contribution is -0.120. The first-order valence-corrected chi connectivity index (χ1v) is 9.49. The number of nitrogens with one attached hydrogen (secondary N) is 1. The minimum atomic E-state index is -0.231. The second kappa shape index (κ2) is 8.55. The van der Waals surface area contributed by atoms with E-state index >= 15 is 0 Å². The van der Waals surface area contributed by atoms with Gasteiger partial charge in [0.15, 0.2) is 5.78 Å². The van der Waals surface area contributed by atoms with E-state index in [2.05, 4.69) is 15.1 Å². The summed E-state index contributed by atoms with van der Waals surface area (Å²) in [5, 5.41) is 3.69. The summed E-state index contributed by atoms with van der Waals surface area (Å²) in [6.07, 6.45) is 0. The van der Waals surface area contributed by atoms with Crippen LogP contribution in [0.3, 0.4) is 0 Å². The Bertz CT molecular complexity index is 814. The maximum atomic E-state index is 12.6. The van der Waals surface area contributed by atoms with Crippen LogP contribution in [0.15, 0.2) is 48.5 Å². The molecule has 1 heterocycles. The lowest BCUT2D eigenvalue weighted by Gasteiger charge is -2.38. The quantitative estimate of drug-likeness (QED) is 0.797. The fraction of sp³-hybridized carbons (Fsp3) is 0.333. The topological polar surface area (TPSA) is 52.7 Å². The average molecular weight is 386 g/mol. The standard InChI is InChI=1S/C21H24ClN3O2/c1-15(21(27)23-18-9-7-17(8-10-18)16(2)26)24-11-13-25(14-12-24)20-6-4-3-5-19(20)22/h3-10,15H,11-14H2,1-2H3,(H,23,27). The Balaban J connectivity index is 1.55. The van der Waals surface area contributed by atoms with Crippen molar-refractivity contribution >= 4 is 34.7 Å². The van der Waals surface area contributed by atoms with Crippen molar-refractivity contribution in [3.63, 3.8) is 0 Å². The number of amides is 1. The van der Waals surface area contributed by atoms with Crippen molar-refractivity contribution in [2.75, 3.05) is 36.4 Å². The lowest BCUT2D eigenvalue weighted by atomic mass is 10.1. The number of ketones is 1. The molecule has 0 spiro atoms. The van der Waals surface area contributed by atoms with E-state index in [1.54, 1.807) is 24.3 Å². The Hall–Kier alpha value is -2.37. The van der Waals surface area contributed by atoms with Gasteiger partial charge in [0.2, 0.25) is 5.91 Å². The van der Waals surface area contributed by atoms with Crippen LogP contribution in [0.1, 0.15) is 24.2 Å². The lowest BCUT2D eigenvalue weighted by Crippen LogP contribution is -2.52. The summed E-state index contributed by atoms with van der Waals surface area (Å²) in [6, 6.07) is 14.6. The molecule has 27 heavy (non-hydrogen) atoms. The molecule has 0 radical (unpaired) electrons. The third-order valence-electron chi connectivity index (χ3n) is 4.99. The van der Waals surface area contributed by atoms with E-state index in [4.69, 9.17) is 11.6 Å². The van der Waals surface area contributed by atoms with Crippen molar-refractivity contribution in [1.82, 2.24) is 4.90 Å². The minimum absolute atomic E-state index is 0.0117. The van der Waals surface area contributed by atoms with E-state index in [0.29, 0.717) is 11.3 Å². The van der Waals surface area contributed by atoms with Gasteiger partial charge in [0.1, 0.15) is 0 Å². The summed E-state index contributed by atoms with van der Waals surface area (Å²) in [5.74, 6) is -0.0330. The molecule has 1 aliphatic rings. The number of carbonyl (C=O) groups excluding carboxylic acids is 2. The van der Waals surface area contributed by atoms with Crippen LogP contribution in [0.25, 0.3) is 0 Å². The number of piperazine rings is 1. The first-order chi connectivity index (χ1) is 13.0. The van der Waals surface area contributed by atoms with Gasteiger partial charge in [-0.25, -0.2) is 0 Å². The number of carbonyl (C=O) groups is 2. The maximum Gasteiger partial charge on any atom is 0.241 e. The van der Waals surface area contributed by atoms with E-state index in [1.807, 2.05) is 31.2 Å². The van der Waals surface area contributed by atoms with Crippen LogP contribution in [0.2, 0.25) is 5.02 Å². The van der Waals surface area contributed by atoms with Gasteiger partial charge in [0.25, 0.3) is 0 Å². The van der Waals surface area contributed by atoms with Crippen molar-refractivity contribution in [3.8, 4) is 0 Å². The van der Waals surface area contributed by atoms with Gasteiger partial charge in [-0.05, 0) is 50.2 Å². The van der Waals surface area contributed by atoms with E-state index < -0.39 is 0 Å². The van der Waals surface area contributed by atoms with Gasteiger partial charge < -0.3 is 10.2 Å². The van der Waals surface area contributed by atoms with Crippen LogP contribution in [0, 0.1) is 0 Å². The second-order valence-electron chi connectivity index (χ2n) is 6.77. The number of halogens is 1. The third kappa shape index (κ3) is 4.67. The molecule has 0 aromatic heterocycles. The zero-order valence-corrected chi connectivity index (χ0v) is 16.4. The normalized spacial score (nSPS) is 16.0. The number of Topliss-reactive ketones (excluding diaryl/α,β-unsaturated/α-hetero) is 1. The predicted molar refractivity (Wildman–Crippen MR) is 110 cm³/mol. The van der Waals surface area contributed by atoms with E-state index in [9.17, 15) is 9.59 Å². The van der Waals surface area contributed by atoms with Gasteiger partial charge in [0.05, 0.1) is 16.8 Å². The Kier molecular flexibility index (Phi) is 6.14. The highest BCUT2D eigenvalue weighted by molar-refractivity contribution is 6.33. The summed E-state index contributed by atoms with van der Waals surface area (Å²) in [6.45, 7) is 6.69. The number of rotatable bonds is 5. The molecule has 1 fully saturated rings. The highest BCUT2D eigenvalue weighted by Crippen LogP contribution is 2.26. The monoisotopic (exact) mass is 385 g/mol. The number of benzene rings is 2. The summed E-state index contributed by atoms with van der Waals surface area (Å²) in [7, 11) is 0. The summed E-state index contributed by atoms with van der Waals surface area (Å²) in [4.78, 5) is 28.3. The van der Waals surface area contributed by atoms with Gasteiger partial charge in [-0.2, -0.15) is 0 Å². The average Bonchev–Trinajstić information content (AvgIpc) is 2.68. The molecule has 0 saturated carbocycles. The summed E-state index contributed by atoms with van der Waals surface area (Å²) < 4.78 is 0. The molecule has 1 aliphatic heterocycles. The number of hydrogen-bond acceptors (Lipinski definition) is 4. The molecule has 1 N–H and O–H groups in total. The van der Waals surface area contributed by atoms with Crippen molar-refractivity contribution in [1.29, 1.82) is 0 Å². The number of hydrogen-bond donors (Lipinski definition) is 1. The largest absolute Gasteiger partial charge is 0.368 e. The number of para-hydroxylation sites is 1. The summed E-state index contributed by atoms with van der Waals surface area (Å²) in [5.41, 5.74) is 2.38. The zero-order chi connectivity index (χ0) is 19.4. The molecule has 2 aromatic rings. The Labute approximate surface area is 164 Å². The van der Waals surface area contributed by atoms with Crippen LogP contribution in [0.5, 0.6) is 0 Å². The predicted octanol–water partition coefficient (Wildman–Crippen LogP) is 3.69. The minimum Gasteiger partial charge on any atom is -0.368 e. The van der Waals surface area contributed by atoms with Gasteiger partial charge >= 0.3 is 0 Å². The van der Waals surface area contributed by atoms with Crippen LogP contribution >= 0.6 is 11.6 Å². The molecule has 142 valence electrons. The molecule has 1 amide bonds. The molecule has 3 rings (SSSR count). The number of nitrogens with zero attached hydrogens (tertiary/aromatic N) is 2. The molecule has 5 nitrogen and oxygen atoms in total. The molecule has 6 heteroatoms. The molecular weight excluding hydrogens is 362 g/mol. The molecular formula is C21H24ClN3O2. The molecule has 0 bridgehead atoms. The van der Waals surface area contributed by atoms with E-state index in [1.165, 1.54) is 6.92 Å². The first-order valence-electron chi connectivity index (χ1n) is 9.11. The molecule has 1 atom stereocenters. The van der Waals surface area contributed by atoms with E-state index in [0.717, 1.165) is 36.9 Å². The Morgan fingerprint density at radius 1 is 1.00 bits per heavy atom. The molecule has 0 aliphatic carbocycles. The second-order valence-corrected chi connectivity index (χ2v) is 7.18. The number of anilines is 2. The maximum absolute atomic E-state index is 12.6. The fourth-order valence-corrected chi connectivity index (χ4v) is 3.51. The zero-order valence-electron chi connectivity index (χ0n) is 15.6. The van der Waals surface area contributed by atoms with E-state index in [-0.39, 0.29) is 17.7 Å². The van der Waals surface area contributed by atoms with Crippen molar-refractivity contribution in [3.05, 3.63) is 59.1 Å². The van der Waals surface area contributed by atoms with Crippen molar-refractivity contribution in [2.24, 2.45) is 0 Å². The van der Waals surface area contributed by atoms with Crippen LogP contribution in [-0.2, 0) is 4.79 Å². The fourth-order valence-electron chi connectivity index (χ4n) is 3.26. The smallest absolute Gasteiger partial charge is 0.241 e.